The van der Waals surface area contributed by atoms with E-state index in [-0.39, 0.29) is 12.1 Å². The molecular formula is C26H38N4O2S. The standard InChI is InChI=1S/C26H38N4O2S/c1-19-7-10-23(11-8-19)25-22(4)26(28-33(25,31)32)27-12-5-13-29-14-16-30(17-15-29)24-18-20(2)6-9-21(24)3/h6-11,18,22,25-28H,5,12-17H2,1-4H3. The van der Waals surface area contributed by atoms with E-state index in [1.807, 2.05) is 38.1 Å². The second-order valence-electron chi connectivity index (χ2n) is 9.76. The third-order valence-corrected chi connectivity index (χ3v) is 9.08. The minimum atomic E-state index is -3.38. The first kappa shape index (κ1) is 24.2. The number of aryl methyl sites for hydroxylation is 3. The Kier molecular flexibility index (Phi) is 7.43. The molecule has 0 aromatic heterocycles. The Morgan fingerprint density at radius 2 is 1.64 bits per heavy atom. The van der Waals surface area contributed by atoms with Crippen LogP contribution < -0.4 is 14.9 Å². The number of nitrogens with zero attached hydrogens (tertiary/aromatic N) is 2. The minimum Gasteiger partial charge on any atom is -0.369 e. The van der Waals surface area contributed by atoms with Gasteiger partial charge in [-0.15, -0.1) is 0 Å². The Labute approximate surface area is 199 Å². The highest BCUT2D eigenvalue weighted by atomic mass is 32.2. The summed E-state index contributed by atoms with van der Waals surface area (Å²) in [6.45, 7) is 14.4. The lowest BCUT2D eigenvalue weighted by atomic mass is 9.97. The number of rotatable bonds is 7. The van der Waals surface area contributed by atoms with Crippen LogP contribution in [0.2, 0.25) is 0 Å². The van der Waals surface area contributed by atoms with Crippen LogP contribution in [0.4, 0.5) is 5.69 Å². The molecule has 3 atom stereocenters. The van der Waals surface area contributed by atoms with Crippen molar-refractivity contribution in [3.05, 3.63) is 64.7 Å². The molecular weight excluding hydrogens is 432 g/mol. The molecule has 180 valence electrons. The molecule has 0 aliphatic carbocycles. The Hall–Kier alpha value is -1.93. The van der Waals surface area contributed by atoms with Gasteiger partial charge in [0.15, 0.2) is 0 Å². The Balaban J connectivity index is 1.23. The quantitative estimate of drug-likeness (QED) is 0.608. The van der Waals surface area contributed by atoms with Gasteiger partial charge < -0.3 is 10.2 Å². The fourth-order valence-electron chi connectivity index (χ4n) is 5.11. The van der Waals surface area contributed by atoms with Gasteiger partial charge in [-0.05, 0) is 63.0 Å². The van der Waals surface area contributed by atoms with Crippen LogP contribution in [0, 0.1) is 26.7 Å². The van der Waals surface area contributed by atoms with E-state index in [4.69, 9.17) is 0 Å². The fraction of sp³-hybridized carbons (Fsp3) is 0.538. The van der Waals surface area contributed by atoms with E-state index in [1.54, 1.807) is 0 Å². The number of hydrogen-bond donors (Lipinski definition) is 2. The van der Waals surface area contributed by atoms with Gasteiger partial charge in [0.1, 0.15) is 5.25 Å². The Morgan fingerprint density at radius 3 is 2.33 bits per heavy atom. The summed E-state index contributed by atoms with van der Waals surface area (Å²) < 4.78 is 28.4. The molecule has 6 nitrogen and oxygen atoms in total. The van der Waals surface area contributed by atoms with E-state index < -0.39 is 15.3 Å². The predicted octanol–water partition coefficient (Wildman–Crippen LogP) is 3.35. The van der Waals surface area contributed by atoms with E-state index in [1.165, 1.54) is 16.8 Å². The molecule has 3 unspecified atom stereocenters. The Bertz CT molecular complexity index is 1050. The van der Waals surface area contributed by atoms with E-state index in [9.17, 15) is 8.42 Å². The lowest BCUT2D eigenvalue weighted by Gasteiger charge is -2.37. The van der Waals surface area contributed by atoms with Crippen molar-refractivity contribution in [2.24, 2.45) is 5.92 Å². The zero-order chi connectivity index (χ0) is 23.6. The van der Waals surface area contributed by atoms with Crippen molar-refractivity contribution >= 4 is 15.7 Å². The van der Waals surface area contributed by atoms with Gasteiger partial charge >= 0.3 is 0 Å². The highest BCUT2D eigenvalue weighted by Gasteiger charge is 2.44. The van der Waals surface area contributed by atoms with E-state index in [0.717, 1.165) is 56.8 Å². The molecule has 2 fully saturated rings. The highest BCUT2D eigenvalue weighted by Crippen LogP contribution is 2.36. The Morgan fingerprint density at radius 1 is 0.970 bits per heavy atom. The molecule has 7 heteroatoms. The summed E-state index contributed by atoms with van der Waals surface area (Å²) in [6, 6.07) is 14.5. The smallest absolute Gasteiger partial charge is 0.220 e. The van der Waals surface area contributed by atoms with Crippen molar-refractivity contribution in [2.45, 2.75) is 45.5 Å². The van der Waals surface area contributed by atoms with Crippen LogP contribution in [0.25, 0.3) is 0 Å². The van der Waals surface area contributed by atoms with Gasteiger partial charge in [0.05, 0.1) is 6.17 Å². The summed E-state index contributed by atoms with van der Waals surface area (Å²) >= 11 is 0. The summed E-state index contributed by atoms with van der Waals surface area (Å²) in [5.74, 6) is -0.0289. The molecule has 2 saturated heterocycles. The fourth-order valence-corrected chi connectivity index (χ4v) is 7.15. The maximum atomic E-state index is 12.8. The first-order valence-corrected chi connectivity index (χ1v) is 13.6. The zero-order valence-corrected chi connectivity index (χ0v) is 21.2. The van der Waals surface area contributed by atoms with Gasteiger partial charge in [-0.3, -0.25) is 4.90 Å². The van der Waals surface area contributed by atoms with Crippen LogP contribution in [0.5, 0.6) is 0 Å². The molecule has 0 amide bonds. The summed E-state index contributed by atoms with van der Waals surface area (Å²) in [4.78, 5) is 5.01. The van der Waals surface area contributed by atoms with Crippen LogP contribution in [0.3, 0.4) is 0 Å². The van der Waals surface area contributed by atoms with Crippen LogP contribution in [-0.2, 0) is 10.0 Å². The topological polar surface area (TPSA) is 64.7 Å². The molecule has 4 rings (SSSR count). The second kappa shape index (κ2) is 10.1. The lowest BCUT2D eigenvalue weighted by molar-refractivity contribution is 0.250. The van der Waals surface area contributed by atoms with Crippen molar-refractivity contribution in [1.29, 1.82) is 0 Å². The average Bonchev–Trinajstić information content (AvgIpc) is 3.02. The number of anilines is 1. The number of nitrogens with one attached hydrogen (secondary N) is 2. The van der Waals surface area contributed by atoms with Gasteiger partial charge in [-0.25, -0.2) is 8.42 Å². The normalized spacial score (nSPS) is 25.5. The first-order valence-electron chi connectivity index (χ1n) is 12.1. The molecule has 0 spiro atoms. The average molecular weight is 471 g/mol. The molecule has 33 heavy (non-hydrogen) atoms. The predicted molar refractivity (Wildman–Crippen MR) is 136 cm³/mol. The van der Waals surface area contributed by atoms with Crippen molar-refractivity contribution < 1.29 is 8.42 Å². The molecule has 2 aliphatic rings. The van der Waals surface area contributed by atoms with Crippen molar-refractivity contribution in [3.63, 3.8) is 0 Å². The number of hydrogen-bond acceptors (Lipinski definition) is 5. The maximum Gasteiger partial charge on any atom is 0.220 e. The maximum absolute atomic E-state index is 12.8. The van der Waals surface area contributed by atoms with Crippen LogP contribution in [0.15, 0.2) is 42.5 Å². The summed E-state index contributed by atoms with van der Waals surface area (Å²) in [7, 11) is -3.38. The van der Waals surface area contributed by atoms with E-state index in [0.29, 0.717) is 0 Å². The third kappa shape index (κ3) is 5.60. The van der Waals surface area contributed by atoms with Crippen LogP contribution in [0.1, 0.15) is 40.8 Å². The largest absolute Gasteiger partial charge is 0.369 e. The first-order chi connectivity index (χ1) is 15.7. The second-order valence-corrected chi connectivity index (χ2v) is 11.6. The zero-order valence-electron chi connectivity index (χ0n) is 20.3. The van der Waals surface area contributed by atoms with Crippen LogP contribution in [-0.4, -0.2) is 58.8 Å². The van der Waals surface area contributed by atoms with Gasteiger partial charge in [-0.2, -0.15) is 4.72 Å². The number of sulfonamides is 1. The third-order valence-electron chi connectivity index (χ3n) is 7.13. The minimum absolute atomic E-state index is 0.0289. The number of piperazine rings is 1. The van der Waals surface area contributed by atoms with E-state index in [2.05, 4.69) is 51.9 Å². The van der Waals surface area contributed by atoms with Gasteiger partial charge in [-0.1, -0.05) is 48.9 Å². The summed E-state index contributed by atoms with van der Waals surface area (Å²) in [5, 5.41) is 2.95. The molecule has 2 heterocycles. The summed E-state index contributed by atoms with van der Waals surface area (Å²) in [6.07, 6.45) is 0.784. The molecule has 2 aromatic carbocycles. The van der Waals surface area contributed by atoms with Crippen molar-refractivity contribution in [3.8, 4) is 0 Å². The van der Waals surface area contributed by atoms with Crippen molar-refractivity contribution in [1.82, 2.24) is 14.9 Å². The molecule has 0 saturated carbocycles. The van der Waals surface area contributed by atoms with Gasteiger partial charge in [0.2, 0.25) is 10.0 Å². The molecule has 2 aliphatic heterocycles. The lowest BCUT2D eigenvalue weighted by Crippen LogP contribution is -2.48. The van der Waals surface area contributed by atoms with Crippen LogP contribution >= 0.6 is 0 Å². The SMILES string of the molecule is Cc1ccc(C2C(C)C(NCCCN3CCN(c4cc(C)ccc4C)CC3)NS2(=O)=O)cc1. The molecule has 2 N–H and O–H groups in total. The number of benzene rings is 2. The molecule has 0 bridgehead atoms. The summed E-state index contributed by atoms with van der Waals surface area (Å²) in [5.41, 5.74) is 6.02. The highest BCUT2D eigenvalue weighted by molar-refractivity contribution is 7.90. The monoisotopic (exact) mass is 470 g/mol. The van der Waals surface area contributed by atoms with Crippen molar-refractivity contribution in [2.75, 3.05) is 44.2 Å². The van der Waals surface area contributed by atoms with Gasteiger partial charge in [0.25, 0.3) is 0 Å². The molecule has 2 aromatic rings. The molecule has 0 radical (unpaired) electrons. The van der Waals surface area contributed by atoms with Gasteiger partial charge in [0, 0.05) is 37.8 Å². The van der Waals surface area contributed by atoms with E-state index >= 15 is 0 Å².